The Morgan fingerprint density at radius 3 is 2.39 bits per heavy atom. The largest absolute Gasteiger partial charge is 0.370 e. The van der Waals surface area contributed by atoms with Gasteiger partial charge in [0.15, 0.2) is 0 Å². The molecule has 1 atom stereocenters. The van der Waals surface area contributed by atoms with Crippen LogP contribution < -0.4 is 32.7 Å². The van der Waals surface area contributed by atoms with E-state index in [9.17, 15) is 19.2 Å². The average Bonchev–Trinajstić information content (AvgIpc) is 3.25. The van der Waals surface area contributed by atoms with Crippen LogP contribution in [0.15, 0.2) is 30.5 Å². The number of carbonyl (C=O) groups is 4. The first-order valence-electron chi connectivity index (χ1n) is 12.5. The molecule has 1 aromatic carbocycles. The van der Waals surface area contributed by atoms with Crippen molar-refractivity contribution < 1.29 is 19.2 Å². The summed E-state index contributed by atoms with van der Waals surface area (Å²) in [5.74, 6) is -1.49. The van der Waals surface area contributed by atoms with Gasteiger partial charge in [0.05, 0.1) is 12.8 Å². The van der Waals surface area contributed by atoms with Crippen LogP contribution >= 0.6 is 0 Å². The molecule has 1 aromatic heterocycles. The summed E-state index contributed by atoms with van der Waals surface area (Å²) in [5.41, 5.74) is 12.4. The highest BCUT2D eigenvalue weighted by Gasteiger charge is 2.23. The Kier molecular flexibility index (Phi) is 13.0. The topological polar surface area (TPSA) is 184 Å². The van der Waals surface area contributed by atoms with Crippen LogP contribution in [0.25, 0.3) is 10.9 Å². The maximum absolute atomic E-state index is 12.6. The number of unbranched alkanes of at least 4 members (excludes halogenated alkanes) is 2. The van der Waals surface area contributed by atoms with Crippen molar-refractivity contribution in [1.82, 2.24) is 26.3 Å². The number of carbonyl (C=O) groups excluding carboxylic acids is 4. The van der Waals surface area contributed by atoms with Crippen LogP contribution in [0.1, 0.15) is 44.1 Å². The summed E-state index contributed by atoms with van der Waals surface area (Å²) in [6.45, 7) is 3.04. The lowest BCUT2D eigenvalue weighted by Crippen LogP contribution is -2.49. The second-order valence-electron chi connectivity index (χ2n) is 8.67. The van der Waals surface area contributed by atoms with Gasteiger partial charge in [-0.25, -0.2) is 0 Å². The van der Waals surface area contributed by atoms with E-state index in [1.807, 2.05) is 24.3 Å². The van der Waals surface area contributed by atoms with E-state index in [4.69, 9.17) is 11.5 Å². The van der Waals surface area contributed by atoms with Crippen molar-refractivity contribution in [1.29, 1.82) is 0 Å². The monoisotopic (exact) mass is 501 g/mol. The van der Waals surface area contributed by atoms with Crippen LogP contribution in [-0.2, 0) is 25.6 Å². The second kappa shape index (κ2) is 16.3. The number of aromatic nitrogens is 1. The number of nitrogens with one attached hydrogen (secondary N) is 5. The van der Waals surface area contributed by atoms with Crippen LogP contribution in [0.3, 0.4) is 0 Å². The summed E-state index contributed by atoms with van der Waals surface area (Å²) in [4.78, 5) is 51.4. The van der Waals surface area contributed by atoms with Gasteiger partial charge in [-0.3, -0.25) is 19.2 Å². The standard InChI is InChI=1S/C25H39N7O4/c26-10-6-11-28-14-9-23(34)29-12-4-1-5-13-30-25(36)21(16-22(27)33)32-24(35)15-18-17-31-20-8-3-2-7-19(18)20/h2-3,7-8,17,21,28,31H,1,4-6,9-16,26H2,(H2,27,33)(H,29,34)(H,30,36)(H,32,35)/t21-/m0/s1. The van der Waals surface area contributed by atoms with E-state index in [-0.39, 0.29) is 24.7 Å². The lowest BCUT2D eigenvalue weighted by Gasteiger charge is -2.17. The molecular weight excluding hydrogens is 462 g/mol. The average molecular weight is 502 g/mol. The Hall–Kier alpha value is -3.44. The van der Waals surface area contributed by atoms with E-state index in [2.05, 4.69) is 26.3 Å². The Morgan fingerprint density at radius 1 is 0.889 bits per heavy atom. The number of fused-ring (bicyclic) bond motifs is 1. The highest BCUT2D eigenvalue weighted by atomic mass is 16.2. The first-order chi connectivity index (χ1) is 17.4. The normalized spacial score (nSPS) is 11.7. The number of rotatable bonds is 18. The minimum atomic E-state index is -1.03. The number of aromatic amines is 1. The summed E-state index contributed by atoms with van der Waals surface area (Å²) in [7, 11) is 0. The van der Waals surface area contributed by atoms with Crippen molar-refractivity contribution in [3.63, 3.8) is 0 Å². The van der Waals surface area contributed by atoms with E-state index < -0.39 is 17.9 Å². The SMILES string of the molecule is NCCCNCCC(=O)NCCCCCNC(=O)[C@H](CC(N)=O)NC(=O)Cc1c[nH]c2ccccc12. The molecule has 11 heteroatoms. The van der Waals surface area contributed by atoms with Crippen LogP contribution in [0, 0.1) is 0 Å². The number of benzene rings is 1. The zero-order valence-electron chi connectivity index (χ0n) is 20.7. The third kappa shape index (κ3) is 10.9. The fourth-order valence-corrected chi connectivity index (χ4v) is 3.74. The summed E-state index contributed by atoms with van der Waals surface area (Å²) >= 11 is 0. The van der Waals surface area contributed by atoms with Crippen molar-refractivity contribution in [2.45, 2.75) is 51.0 Å². The summed E-state index contributed by atoms with van der Waals surface area (Å²) in [6, 6.07) is 6.58. The number of nitrogens with two attached hydrogens (primary N) is 2. The molecule has 11 nitrogen and oxygen atoms in total. The Bertz CT molecular complexity index is 992. The fraction of sp³-hybridized carbons (Fsp3) is 0.520. The number of H-pyrrole nitrogens is 1. The van der Waals surface area contributed by atoms with Gasteiger partial charge in [-0.15, -0.1) is 0 Å². The minimum absolute atomic E-state index is 0.00113. The summed E-state index contributed by atoms with van der Waals surface area (Å²) < 4.78 is 0. The van der Waals surface area contributed by atoms with Gasteiger partial charge in [-0.05, 0) is 50.4 Å². The maximum Gasteiger partial charge on any atom is 0.243 e. The third-order valence-corrected chi connectivity index (χ3v) is 5.64. The van der Waals surface area contributed by atoms with Gasteiger partial charge in [0.2, 0.25) is 23.6 Å². The maximum atomic E-state index is 12.6. The quantitative estimate of drug-likeness (QED) is 0.139. The van der Waals surface area contributed by atoms with Crippen molar-refractivity contribution in [2.24, 2.45) is 11.5 Å². The molecular formula is C25H39N7O4. The van der Waals surface area contributed by atoms with Crippen LogP contribution in [0.2, 0.25) is 0 Å². The lowest BCUT2D eigenvalue weighted by atomic mass is 10.1. The molecule has 2 rings (SSSR count). The predicted octanol–water partition coefficient (Wildman–Crippen LogP) is -0.198. The van der Waals surface area contributed by atoms with E-state index >= 15 is 0 Å². The van der Waals surface area contributed by atoms with Gasteiger partial charge in [0.1, 0.15) is 6.04 Å². The zero-order chi connectivity index (χ0) is 26.2. The molecule has 0 spiro atoms. The fourth-order valence-electron chi connectivity index (χ4n) is 3.74. The summed E-state index contributed by atoms with van der Waals surface area (Å²) in [6.07, 6.45) is 5.16. The highest BCUT2D eigenvalue weighted by Crippen LogP contribution is 2.18. The molecule has 0 aliphatic carbocycles. The number of amides is 4. The molecule has 4 amide bonds. The zero-order valence-corrected chi connectivity index (χ0v) is 20.7. The lowest BCUT2D eigenvalue weighted by molar-refractivity contribution is -0.131. The van der Waals surface area contributed by atoms with Gasteiger partial charge in [0.25, 0.3) is 0 Å². The Morgan fingerprint density at radius 2 is 1.64 bits per heavy atom. The Balaban J connectivity index is 1.65. The number of para-hydroxylation sites is 1. The molecule has 0 aliphatic heterocycles. The predicted molar refractivity (Wildman–Crippen MR) is 139 cm³/mol. The molecule has 9 N–H and O–H groups in total. The van der Waals surface area contributed by atoms with Gasteiger partial charge in [0, 0.05) is 43.2 Å². The molecule has 0 aliphatic rings. The van der Waals surface area contributed by atoms with Crippen molar-refractivity contribution in [3.8, 4) is 0 Å². The molecule has 36 heavy (non-hydrogen) atoms. The van der Waals surface area contributed by atoms with Crippen LogP contribution in [0.5, 0.6) is 0 Å². The van der Waals surface area contributed by atoms with Crippen LogP contribution in [0.4, 0.5) is 0 Å². The Labute approximate surface area is 211 Å². The molecule has 0 bridgehead atoms. The molecule has 0 fully saturated rings. The smallest absolute Gasteiger partial charge is 0.243 e. The van der Waals surface area contributed by atoms with E-state index in [0.717, 1.165) is 42.3 Å². The van der Waals surface area contributed by atoms with Gasteiger partial charge >= 0.3 is 0 Å². The molecule has 198 valence electrons. The number of primary amides is 1. The summed E-state index contributed by atoms with van der Waals surface area (Å²) in [5, 5.41) is 12.3. The second-order valence-corrected chi connectivity index (χ2v) is 8.67. The van der Waals surface area contributed by atoms with Crippen molar-refractivity contribution in [2.75, 3.05) is 32.7 Å². The first kappa shape index (κ1) is 28.8. The van der Waals surface area contributed by atoms with Crippen molar-refractivity contribution in [3.05, 3.63) is 36.0 Å². The molecule has 0 unspecified atom stereocenters. The minimum Gasteiger partial charge on any atom is -0.370 e. The molecule has 0 radical (unpaired) electrons. The van der Waals surface area contributed by atoms with Crippen molar-refractivity contribution >= 4 is 34.5 Å². The van der Waals surface area contributed by atoms with Gasteiger partial charge in [-0.2, -0.15) is 0 Å². The number of hydrogen-bond donors (Lipinski definition) is 7. The first-order valence-corrected chi connectivity index (χ1v) is 12.5. The molecule has 0 saturated carbocycles. The van der Waals surface area contributed by atoms with E-state index in [1.165, 1.54) is 0 Å². The van der Waals surface area contributed by atoms with E-state index in [0.29, 0.717) is 39.0 Å². The molecule has 1 heterocycles. The molecule has 0 saturated heterocycles. The van der Waals surface area contributed by atoms with Crippen LogP contribution in [-0.4, -0.2) is 67.4 Å². The van der Waals surface area contributed by atoms with Gasteiger partial charge < -0.3 is 37.7 Å². The van der Waals surface area contributed by atoms with E-state index in [1.54, 1.807) is 6.20 Å². The highest BCUT2D eigenvalue weighted by molar-refractivity contribution is 5.94. The van der Waals surface area contributed by atoms with Gasteiger partial charge in [-0.1, -0.05) is 18.2 Å². The third-order valence-electron chi connectivity index (χ3n) is 5.64. The number of hydrogen-bond acceptors (Lipinski definition) is 6. The molecule has 2 aromatic rings.